The highest BCUT2D eigenvalue weighted by Gasteiger charge is 2.28. The van der Waals surface area contributed by atoms with Crippen LogP contribution >= 0.6 is 0 Å². The molecule has 1 aliphatic rings. The molecular weight excluding hydrogens is 378 g/mol. The summed E-state index contributed by atoms with van der Waals surface area (Å²) in [4.78, 5) is 12.1. The maximum atomic E-state index is 5.93. The monoisotopic (exact) mass is 413 g/mol. The molecule has 1 aromatic carbocycles. The molecule has 0 saturated heterocycles. The SMILES string of the molecule is CCCN(CC1CC1)c1c(C)nc(-c2c(C)cc(C)cc2OCOCC)nc1OC. The fourth-order valence-electron chi connectivity index (χ4n) is 3.85. The van der Waals surface area contributed by atoms with Gasteiger partial charge in [0.2, 0.25) is 5.88 Å². The fraction of sp³-hybridized carbons (Fsp3) is 0.583. The van der Waals surface area contributed by atoms with Crippen LogP contribution in [0.25, 0.3) is 11.4 Å². The van der Waals surface area contributed by atoms with Crippen molar-refractivity contribution in [2.24, 2.45) is 5.92 Å². The summed E-state index contributed by atoms with van der Waals surface area (Å²) in [5.41, 5.74) is 5.02. The second-order valence-corrected chi connectivity index (χ2v) is 8.09. The van der Waals surface area contributed by atoms with Crippen molar-refractivity contribution >= 4 is 5.69 Å². The van der Waals surface area contributed by atoms with Gasteiger partial charge < -0.3 is 19.1 Å². The minimum absolute atomic E-state index is 0.201. The Morgan fingerprint density at radius 1 is 1.10 bits per heavy atom. The van der Waals surface area contributed by atoms with Crippen LogP contribution in [0.4, 0.5) is 5.69 Å². The number of hydrogen-bond acceptors (Lipinski definition) is 6. The van der Waals surface area contributed by atoms with E-state index in [4.69, 9.17) is 24.2 Å². The Morgan fingerprint density at radius 3 is 2.50 bits per heavy atom. The zero-order valence-electron chi connectivity index (χ0n) is 19.2. The van der Waals surface area contributed by atoms with Gasteiger partial charge >= 0.3 is 0 Å². The normalized spacial score (nSPS) is 13.4. The summed E-state index contributed by atoms with van der Waals surface area (Å²) in [6.07, 6.45) is 3.69. The standard InChI is InChI=1S/C24H35N3O3/c1-7-11-27(14-19-9-10-19)22-18(5)25-23(26-24(22)28-6)21-17(4)12-16(3)13-20(21)30-15-29-8-2/h12-13,19H,7-11,14-15H2,1-6H3. The number of rotatable bonds is 11. The van der Waals surface area contributed by atoms with Crippen molar-refractivity contribution < 1.29 is 14.2 Å². The minimum Gasteiger partial charge on any atom is -0.479 e. The molecule has 1 saturated carbocycles. The number of aryl methyl sites for hydroxylation is 3. The summed E-state index contributed by atoms with van der Waals surface area (Å²) in [5, 5.41) is 0. The highest BCUT2D eigenvalue weighted by atomic mass is 16.7. The molecule has 1 aliphatic carbocycles. The van der Waals surface area contributed by atoms with Gasteiger partial charge in [-0.2, -0.15) is 4.98 Å². The van der Waals surface area contributed by atoms with E-state index in [0.29, 0.717) is 18.3 Å². The quantitative estimate of drug-likeness (QED) is 0.378. The molecule has 0 radical (unpaired) electrons. The van der Waals surface area contributed by atoms with E-state index < -0.39 is 0 Å². The van der Waals surface area contributed by atoms with Crippen molar-refractivity contribution in [3.8, 4) is 23.0 Å². The van der Waals surface area contributed by atoms with Crippen molar-refractivity contribution in [1.29, 1.82) is 0 Å². The third-order valence-corrected chi connectivity index (χ3v) is 5.37. The zero-order chi connectivity index (χ0) is 21.7. The van der Waals surface area contributed by atoms with Gasteiger partial charge in [-0.3, -0.25) is 0 Å². The smallest absolute Gasteiger partial charge is 0.241 e. The average molecular weight is 414 g/mol. The summed E-state index contributed by atoms with van der Waals surface area (Å²) in [6.45, 7) is 13.1. The largest absolute Gasteiger partial charge is 0.479 e. The molecule has 1 heterocycles. The van der Waals surface area contributed by atoms with Gasteiger partial charge in [0, 0.05) is 19.7 Å². The first-order valence-corrected chi connectivity index (χ1v) is 11.0. The number of nitrogens with zero attached hydrogens (tertiary/aromatic N) is 3. The maximum Gasteiger partial charge on any atom is 0.241 e. The number of aromatic nitrogens is 2. The molecule has 2 aromatic rings. The number of hydrogen-bond donors (Lipinski definition) is 0. The molecule has 3 rings (SSSR count). The van der Waals surface area contributed by atoms with Gasteiger partial charge in [0.15, 0.2) is 12.6 Å². The van der Waals surface area contributed by atoms with E-state index in [9.17, 15) is 0 Å². The Kier molecular flexibility index (Phi) is 7.53. The van der Waals surface area contributed by atoms with Crippen LogP contribution in [0.3, 0.4) is 0 Å². The van der Waals surface area contributed by atoms with Gasteiger partial charge in [0.25, 0.3) is 0 Å². The van der Waals surface area contributed by atoms with Gasteiger partial charge in [-0.1, -0.05) is 13.0 Å². The first kappa shape index (κ1) is 22.3. The van der Waals surface area contributed by atoms with Gasteiger partial charge in [-0.15, -0.1) is 0 Å². The Morgan fingerprint density at radius 2 is 1.87 bits per heavy atom. The molecule has 0 bridgehead atoms. The highest BCUT2D eigenvalue weighted by molar-refractivity contribution is 5.72. The van der Waals surface area contributed by atoms with Gasteiger partial charge in [0.05, 0.1) is 18.4 Å². The summed E-state index contributed by atoms with van der Waals surface area (Å²) in [6, 6.07) is 4.13. The van der Waals surface area contributed by atoms with Crippen LogP contribution in [0.15, 0.2) is 12.1 Å². The van der Waals surface area contributed by atoms with Crippen LogP contribution in [0.2, 0.25) is 0 Å². The van der Waals surface area contributed by atoms with Crippen molar-refractivity contribution in [2.75, 3.05) is 38.5 Å². The van der Waals surface area contributed by atoms with Gasteiger partial charge in [0.1, 0.15) is 11.4 Å². The van der Waals surface area contributed by atoms with E-state index in [-0.39, 0.29) is 6.79 Å². The number of anilines is 1. The second-order valence-electron chi connectivity index (χ2n) is 8.09. The minimum atomic E-state index is 0.201. The lowest BCUT2D eigenvalue weighted by atomic mass is 10.0. The Balaban J connectivity index is 2.04. The maximum absolute atomic E-state index is 5.93. The lowest BCUT2D eigenvalue weighted by molar-refractivity contribution is 0.0227. The van der Waals surface area contributed by atoms with Crippen LogP contribution in [-0.2, 0) is 4.74 Å². The van der Waals surface area contributed by atoms with Crippen molar-refractivity contribution in [3.63, 3.8) is 0 Å². The molecule has 0 N–H and O–H groups in total. The molecule has 0 atom stereocenters. The van der Waals surface area contributed by atoms with E-state index >= 15 is 0 Å². The molecule has 0 aliphatic heterocycles. The summed E-state index contributed by atoms with van der Waals surface area (Å²) in [5.74, 6) is 2.76. The molecule has 1 fully saturated rings. The molecule has 164 valence electrons. The molecule has 0 spiro atoms. The van der Waals surface area contributed by atoms with E-state index in [0.717, 1.165) is 59.2 Å². The van der Waals surface area contributed by atoms with Gasteiger partial charge in [-0.05, 0) is 70.1 Å². The summed E-state index contributed by atoms with van der Waals surface area (Å²) < 4.78 is 17.1. The first-order chi connectivity index (χ1) is 14.5. The van der Waals surface area contributed by atoms with Crippen LogP contribution in [0.1, 0.15) is 49.9 Å². The predicted molar refractivity (Wildman–Crippen MR) is 121 cm³/mol. The molecule has 6 nitrogen and oxygen atoms in total. The average Bonchev–Trinajstić information content (AvgIpc) is 3.51. The van der Waals surface area contributed by atoms with Crippen molar-refractivity contribution in [1.82, 2.24) is 9.97 Å². The number of ether oxygens (including phenoxy) is 3. The molecule has 30 heavy (non-hydrogen) atoms. The molecule has 6 heteroatoms. The lowest BCUT2D eigenvalue weighted by Crippen LogP contribution is -2.28. The Labute approximate surface area is 180 Å². The third-order valence-electron chi connectivity index (χ3n) is 5.37. The van der Waals surface area contributed by atoms with E-state index in [1.165, 1.54) is 12.8 Å². The number of methoxy groups -OCH3 is 1. The van der Waals surface area contributed by atoms with Crippen molar-refractivity contribution in [3.05, 3.63) is 29.0 Å². The van der Waals surface area contributed by atoms with Crippen molar-refractivity contribution in [2.45, 2.75) is 53.9 Å². The molecule has 1 aromatic heterocycles. The van der Waals surface area contributed by atoms with Crippen LogP contribution in [0.5, 0.6) is 11.6 Å². The topological polar surface area (TPSA) is 56.7 Å². The Bertz CT molecular complexity index is 865. The Hall–Kier alpha value is -2.34. The van der Waals surface area contributed by atoms with E-state index in [2.05, 4.69) is 31.7 Å². The zero-order valence-corrected chi connectivity index (χ0v) is 19.2. The van der Waals surface area contributed by atoms with E-state index in [1.807, 2.05) is 19.9 Å². The van der Waals surface area contributed by atoms with Gasteiger partial charge in [-0.25, -0.2) is 4.98 Å². The molecule has 0 amide bonds. The highest BCUT2D eigenvalue weighted by Crippen LogP contribution is 2.39. The summed E-state index contributed by atoms with van der Waals surface area (Å²) in [7, 11) is 1.69. The predicted octanol–water partition coefficient (Wildman–Crippen LogP) is 5.08. The molecule has 0 unspecified atom stereocenters. The lowest BCUT2D eigenvalue weighted by Gasteiger charge is -2.27. The second kappa shape index (κ2) is 10.1. The summed E-state index contributed by atoms with van der Waals surface area (Å²) >= 11 is 0. The van der Waals surface area contributed by atoms with Crippen LogP contribution in [-0.4, -0.2) is 43.6 Å². The van der Waals surface area contributed by atoms with Crippen LogP contribution < -0.4 is 14.4 Å². The fourth-order valence-corrected chi connectivity index (χ4v) is 3.85. The first-order valence-electron chi connectivity index (χ1n) is 11.0. The van der Waals surface area contributed by atoms with E-state index in [1.54, 1.807) is 7.11 Å². The molecular formula is C24H35N3O3. The van der Waals surface area contributed by atoms with Crippen LogP contribution in [0, 0.1) is 26.7 Å². The third kappa shape index (κ3) is 5.22. The number of benzene rings is 1.